The van der Waals surface area contributed by atoms with E-state index in [4.69, 9.17) is 0 Å². The molecule has 1 aromatic heterocycles. The Hall–Kier alpha value is 1.28. The molecule has 0 unspecified atom stereocenters. The van der Waals surface area contributed by atoms with Crippen LogP contribution in [0.4, 0.5) is 0 Å². The molecule has 0 spiro atoms. The summed E-state index contributed by atoms with van der Waals surface area (Å²) in [5.74, 6) is 0. The molecule has 0 saturated heterocycles. The van der Waals surface area contributed by atoms with E-state index in [1.807, 2.05) is 5.38 Å². The first kappa shape index (κ1) is 15.3. The molecule has 0 aliphatic carbocycles. The first-order valence-electron chi connectivity index (χ1n) is 4.75. The van der Waals surface area contributed by atoms with Crippen molar-refractivity contribution in [1.82, 2.24) is 0 Å². The maximum absolute atomic E-state index is 3.52. The molecule has 14 heavy (non-hydrogen) atoms. The Morgan fingerprint density at radius 2 is 2.07 bits per heavy atom. The van der Waals surface area contributed by atoms with Crippen LogP contribution in [0.5, 0.6) is 0 Å². The molecular formula is C10H14Br2SZn. The number of hydrogen-bond donors (Lipinski definition) is 0. The molecule has 0 atom stereocenters. The van der Waals surface area contributed by atoms with Gasteiger partial charge in [0.2, 0.25) is 0 Å². The quantitative estimate of drug-likeness (QED) is 0.364. The van der Waals surface area contributed by atoms with Crippen molar-refractivity contribution in [1.29, 1.82) is 0 Å². The Balaban J connectivity index is 0.000000791. The minimum atomic E-state index is 1.18. The monoisotopic (exact) mass is 388 g/mol. The van der Waals surface area contributed by atoms with Gasteiger partial charge in [-0.25, -0.2) is 6.07 Å². The first-order chi connectivity index (χ1) is 6.84. The predicted molar refractivity (Wildman–Crippen MR) is 67.6 cm³/mol. The molecule has 0 aromatic carbocycles. The number of aryl methyl sites for hydroxylation is 1. The minimum absolute atomic E-state index is 1.18. The topological polar surface area (TPSA) is 0 Å². The summed E-state index contributed by atoms with van der Waals surface area (Å²) >= 11 is 9.50. The molecule has 0 saturated carbocycles. The van der Waals surface area contributed by atoms with Gasteiger partial charge in [-0.3, -0.25) is 11.3 Å². The van der Waals surface area contributed by atoms with E-state index in [1.54, 1.807) is 11.3 Å². The second-order valence-electron chi connectivity index (χ2n) is 2.94. The summed E-state index contributed by atoms with van der Waals surface area (Å²) in [7, 11) is 0. The predicted octanol–water partition coefficient (Wildman–Crippen LogP) is 5.28. The van der Waals surface area contributed by atoms with Crippen LogP contribution in [-0.2, 0) is 22.8 Å². The third-order valence-corrected chi connectivity index (χ3v) is 3.64. The van der Waals surface area contributed by atoms with Crippen LogP contribution in [0.15, 0.2) is 9.17 Å². The van der Waals surface area contributed by atoms with Gasteiger partial charge in [-0.1, -0.05) is 42.8 Å². The number of hydrogen-bond acceptors (Lipinski definition) is 1. The summed E-state index contributed by atoms with van der Waals surface area (Å²) < 4.78 is 1.26. The normalized spacial score (nSPS) is 9.50. The van der Waals surface area contributed by atoms with E-state index < -0.39 is 0 Å². The Labute approximate surface area is 116 Å². The summed E-state index contributed by atoms with van der Waals surface area (Å²) in [5, 5.41) is 2.03. The summed E-state index contributed by atoms with van der Waals surface area (Å²) in [6.07, 6.45) is 6.52. The third kappa shape index (κ3) is 6.71. The second kappa shape index (κ2) is 10.8. The van der Waals surface area contributed by atoms with E-state index >= 15 is 0 Å². The molecule has 0 radical (unpaired) electrons. The fourth-order valence-corrected chi connectivity index (χ4v) is 2.38. The van der Waals surface area contributed by atoms with Gasteiger partial charge in [-0.2, -0.15) is 21.5 Å². The Morgan fingerprint density at radius 1 is 1.36 bits per heavy atom. The van der Waals surface area contributed by atoms with E-state index in [1.165, 1.54) is 57.8 Å². The van der Waals surface area contributed by atoms with Crippen molar-refractivity contribution < 1.29 is 16.3 Å². The van der Waals surface area contributed by atoms with Crippen molar-refractivity contribution in [2.75, 3.05) is 0 Å². The average molecular weight is 391 g/mol. The van der Waals surface area contributed by atoms with Crippen LogP contribution in [0.25, 0.3) is 0 Å². The summed E-state index contributed by atoms with van der Waals surface area (Å²) in [6.45, 7) is 2.24. The van der Waals surface area contributed by atoms with Crippen molar-refractivity contribution in [3.8, 4) is 0 Å². The number of unbranched alkanes of at least 4 members (excludes halogenated alkanes) is 3. The van der Waals surface area contributed by atoms with Gasteiger partial charge in [0.25, 0.3) is 0 Å². The molecule has 0 amide bonds. The Bertz CT molecular complexity index is 226. The standard InChI is InChI=1S/C10H14BrS.BrH.Zn/c1-2-3-4-5-6-9-7-8-12-10(9)11;;/h8H,2-6H2,1H3;1H;/q-1;;+2/p-1. The summed E-state index contributed by atoms with van der Waals surface area (Å²) in [5.41, 5.74) is 1.36. The van der Waals surface area contributed by atoms with Gasteiger partial charge < -0.3 is 0 Å². The van der Waals surface area contributed by atoms with Crippen LogP contribution < -0.4 is 0 Å². The Morgan fingerprint density at radius 3 is 2.57 bits per heavy atom. The molecule has 1 heterocycles. The van der Waals surface area contributed by atoms with Crippen LogP contribution in [0.3, 0.4) is 0 Å². The molecule has 1 rings (SSSR count). The van der Waals surface area contributed by atoms with Crippen molar-refractivity contribution in [2.24, 2.45) is 0 Å². The van der Waals surface area contributed by atoms with Gasteiger partial charge >= 0.3 is 30.0 Å². The van der Waals surface area contributed by atoms with Gasteiger partial charge in [0.05, 0.1) is 0 Å². The second-order valence-corrected chi connectivity index (χ2v) is 5.14. The number of rotatable bonds is 5. The zero-order chi connectivity index (χ0) is 10.8. The van der Waals surface area contributed by atoms with Crippen LogP contribution in [0.2, 0.25) is 0 Å². The first-order valence-corrected chi connectivity index (χ1v) is 13.4. The number of thiophene rings is 1. The van der Waals surface area contributed by atoms with Gasteiger partial charge in [0.1, 0.15) is 0 Å². The van der Waals surface area contributed by atoms with E-state index in [2.05, 4.69) is 42.5 Å². The van der Waals surface area contributed by atoms with E-state index in [-0.39, 0.29) is 0 Å². The van der Waals surface area contributed by atoms with Gasteiger partial charge in [-0.15, -0.1) is 5.38 Å². The van der Waals surface area contributed by atoms with Crippen molar-refractivity contribution in [3.05, 3.63) is 20.8 Å². The zero-order valence-corrected chi connectivity index (χ0v) is 15.4. The molecular weight excluding hydrogens is 377 g/mol. The van der Waals surface area contributed by atoms with Crippen molar-refractivity contribution >= 4 is 40.9 Å². The third-order valence-electron chi connectivity index (χ3n) is 1.91. The zero-order valence-electron chi connectivity index (χ0n) is 8.48. The van der Waals surface area contributed by atoms with Gasteiger partial charge in [-0.05, 0) is 0 Å². The summed E-state index contributed by atoms with van der Waals surface area (Å²) in [6, 6.07) is 3.25. The summed E-state index contributed by atoms with van der Waals surface area (Å²) in [4.78, 5) is 0. The van der Waals surface area contributed by atoms with Crippen molar-refractivity contribution in [2.45, 2.75) is 39.0 Å². The fraction of sp³-hybridized carbons (Fsp3) is 0.600. The molecule has 4 heteroatoms. The molecule has 0 aliphatic rings. The van der Waals surface area contributed by atoms with Crippen LogP contribution in [0, 0.1) is 6.07 Å². The van der Waals surface area contributed by atoms with E-state index in [0.717, 1.165) is 0 Å². The van der Waals surface area contributed by atoms with Crippen LogP contribution in [0.1, 0.15) is 38.2 Å². The Kier molecular flexibility index (Phi) is 11.8. The van der Waals surface area contributed by atoms with Gasteiger partial charge in [0.15, 0.2) is 0 Å². The molecule has 0 aliphatic heterocycles. The molecule has 1 aromatic rings. The average Bonchev–Trinajstić information content (AvgIpc) is 2.62. The molecule has 0 fully saturated rings. The molecule has 0 nitrogen and oxygen atoms in total. The number of halogens is 2. The van der Waals surface area contributed by atoms with Crippen LogP contribution in [-0.4, -0.2) is 0 Å². The fourth-order valence-electron chi connectivity index (χ4n) is 1.18. The molecule has 76 valence electrons. The van der Waals surface area contributed by atoms with Crippen LogP contribution >= 0.6 is 40.9 Å². The van der Waals surface area contributed by atoms with E-state index in [9.17, 15) is 0 Å². The van der Waals surface area contributed by atoms with E-state index in [0.29, 0.717) is 0 Å². The van der Waals surface area contributed by atoms with Gasteiger partial charge in [0, 0.05) is 0 Å². The molecule has 0 N–H and O–H groups in total. The maximum atomic E-state index is 3.52. The molecule has 0 bridgehead atoms. The van der Waals surface area contributed by atoms with Crippen molar-refractivity contribution in [3.63, 3.8) is 0 Å². The SMILES string of the molecule is CCCCCCc1[c-]csc1Br.[Zn+][Br].